The molecule has 4 N–H and O–H groups in total. The summed E-state index contributed by atoms with van der Waals surface area (Å²) in [6.07, 6.45) is -1.99. The minimum atomic E-state index is -1.83. The highest BCUT2D eigenvalue weighted by atomic mass is 32.1. The number of piperazine rings is 1. The number of nitrogens with one attached hydrogen (secondary N) is 2. The van der Waals surface area contributed by atoms with E-state index in [-0.39, 0.29) is 30.9 Å². The zero-order chi connectivity index (χ0) is 22.7. The number of hydrogen-bond donors (Lipinski definition) is 3. The van der Waals surface area contributed by atoms with Gasteiger partial charge >= 0.3 is 5.69 Å². The van der Waals surface area contributed by atoms with Crippen molar-refractivity contribution in [1.82, 2.24) is 20.1 Å². The van der Waals surface area contributed by atoms with Crippen LogP contribution in [0.2, 0.25) is 0 Å². The molecule has 0 atom stereocenters. The Balaban J connectivity index is 1.54. The Morgan fingerprint density at radius 2 is 1.94 bits per heavy atom. The van der Waals surface area contributed by atoms with Crippen molar-refractivity contribution < 1.29 is 8.78 Å². The van der Waals surface area contributed by atoms with Gasteiger partial charge in [-0.15, -0.1) is 11.3 Å². The molecule has 1 aliphatic rings. The Kier molecular flexibility index (Phi) is 6.83. The van der Waals surface area contributed by atoms with E-state index < -0.39 is 11.8 Å². The van der Waals surface area contributed by atoms with Gasteiger partial charge in [0, 0.05) is 60.2 Å². The lowest BCUT2D eigenvalue weighted by atomic mass is 10.1. The molecule has 1 aromatic carbocycles. The number of rotatable bonds is 7. The number of halogens is 2. The van der Waals surface area contributed by atoms with Crippen LogP contribution in [0.15, 0.2) is 46.8 Å². The number of anilines is 1. The van der Waals surface area contributed by atoms with E-state index in [0.717, 1.165) is 47.1 Å². The van der Waals surface area contributed by atoms with E-state index >= 15 is 0 Å². The van der Waals surface area contributed by atoms with Gasteiger partial charge in [-0.1, -0.05) is 12.1 Å². The van der Waals surface area contributed by atoms with Crippen molar-refractivity contribution in [2.24, 2.45) is 5.73 Å². The van der Waals surface area contributed by atoms with E-state index in [4.69, 9.17) is 5.73 Å². The highest BCUT2D eigenvalue weighted by Gasteiger charge is 2.17. The zero-order valence-electron chi connectivity index (χ0n) is 17.8. The number of aryl methyl sites for hydroxylation is 1. The minimum absolute atomic E-state index is 0.164. The van der Waals surface area contributed by atoms with Crippen LogP contribution in [0.3, 0.4) is 0 Å². The smallest absolute Gasteiger partial charge is 0.343 e. The predicted octanol–water partition coefficient (Wildman–Crippen LogP) is 2.72. The third-order valence-corrected chi connectivity index (χ3v) is 6.95. The SMILES string of the molecule is Cc1cc(-c2ccc(N3CCNCC3)cc2)sc1Cn1c(CC(CN)=C(F)F)n[nH]c1=O. The fourth-order valence-corrected chi connectivity index (χ4v) is 4.95. The second-order valence-electron chi connectivity index (χ2n) is 7.78. The Morgan fingerprint density at radius 3 is 2.59 bits per heavy atom. The van der Waals surface area contributed by atoms with Gasteiger partial charge in [0.1, 0.15) is 5.82 Å². The summed E-state index contributed by atoms with van der Waals surface area (Å²) in [5.74, 6) is 0.248. The molecule has 1 fully saturated rings. The van der Waals surface area contributed by atoms with E-state index in [9.17, 15) is 13.6 Å². The highest BCUT2D eigenvalue weighted by molar-refractivity contribution is 7.15. The molecule has 0 unspecified atom stereocenters. The first-order valence-corrected chi connectivity index (χ1v) is 11.3. The molecule has 0 spiro atoms. The van der Waals surface area contributed by atoms with Crippen LogP contribution in [0.1, 0.15) is 16.3 Å². The summed E-state index contributed by atoms with van der Waals surface area (Å²) in [7, 11) is 0. The maximum atomic E-state index is 13.0. The van der Waals surface area contributed by atoms with Crippen LogP contribution in [0.25, 0.3) is 10.4 Å². The molecule has 10 heteroatoms. The molecule has 7 nitrogen and oxygen atoms in total. The molecule has 2 aromatic heterocycles. The molecule has 3 heterocycles. The van der Waals surface area contributed by atoms with E-state index in [1.165, 1.54) is 10.3 Å². The molecule has 32 heavy (non-hydrogen) atoms. The van der Waals surface area contributed by atoms with Crippen molar-refractivity contribution in [3.05, 3.63) is 68.7 Å². The summed E-state index contributed by atoms with van der Waals surface area (Å²) in [5, 5.41) is 9.65. The van der Waals surface area contributed by atoms with E-state index in [0.29, 0.717) is 0 Å². The number of aromatic nitrogens is 3. The van der Waals surface area contributed by atoms with Crippen molar-refractivity contribution in [2.75, 3.05) is 37.6 Å². The third kappa shape index (κ3) is 4.82. The predicted molar refractivity (Wildman–Crippen MR) is 124 cm³/mol. The van der Waals surface area contributed by atoms with E-state index in [1.54, 1.807) is 11.3 Å². The molecular weight excluding hydrogens is 434 g/mol. The van der Waals surface area contributed by atoms with Crippen LogP contribution in [-0.4, -0.2) is 47.5 Å². The summed E-state index contributed by atoms with van der Waals surface area (Å²) in [5.41, 5.74) is 8.13. The summed E-state index contributed by atoms with van der Waals surface area (Å²) >= 11 is 1.59. The van der Waals surface area contributed by atoms with Crippen LogP contribution in [-0.2, 0) is 13.0 Å². The number of hydrogen-bond acceptors (Lipinski definition) is 6. The minimum Gasteiger partial charge on any atom is -0.369 e. The second kappa shape index (κ2) is 9.76. The molecule has 3 aromatic rings. The van der Waals surface area contributed by atoms with Gasteiger partial charge in [0.2, 0.25) is 0 Å². The normalized spacial score (nSPS) is 14.1. The molecule has 0 bridgehead atoms. The van der Waals surface area contributed by atoms with Crippen molar-refractivity contribution >= 4 is 17.0 Å². The average Bonchev–Trinajstić information content (AvgIpc) is 3.35. The van der Waals surface area contributed by atoms with Crippen molar-refractivity contribution in [2.45, 2.75) is 19.9 Å². The maximum absolute atomic E-state index is 13.0. The number of thiophene rings is 1. The van der Waals surface area contributed by atoms with Crippen LogP contribution >= 0.6 is 11.3 Å². The first kappa shape index (κ1) is 22.4. The lowest BCUT2D eigenvalue weighted by molar-refractivity contribution is 0.407. The summed E-state index contributed by atoms with van der Waals surface area (Å²) in [6, 6.07) is 10.6. The Labute approximate surface area is 188 Å². The lowest BCUT2D eigenvalue weighted by Crippen LogP contribution is -2.43. The first-order valence-electron chi connectivity index (χ1n) is 10.5. The number of aromatic amines is 1. The van der Waals surface area contributed by atoms with Crippen LogP contribution in [0, 0.1) is 6.92 Å². The molecule has 0 saturated carbocycles. The van der Waals surface area contributed by atoms with Crippen molar-refractivity contribution in [1.29, 1.82) is 0 Å². The molecule has 0 amide bonds. The molecule has 1 aliphatic heterocycles. The van der Waals surface area contributed by atoms with Crippen molar-refractivity contribution in [3.8, 4) is 10.4 Å². The third-order valence-electron chi connectivity index (χ3n) is 5.68. The Bertz CT molecular complexity index is 1150. The maximum Gasteiger partial charge on any atom is 0.343 e. The average molecular weight is 461 g/mol. The summed E-state index contributed by atoms with van der Waals surface area (Å²) in [4.78, 5) is 16.7. The molecule has 0 aliphatic carbocycles. The van der Waals surface area contributed by atoms with Crippen LogP contribution in [0.4, 0.5) is 14.5 Å². The quantitative estimate of drug-likeness (QED) is 0.504. The monoisotopic (exact) mass is 460 g/mol. The van der Waals surface area contributed by atoms with Crippen LogP contribution < -0.4 is 21.6 Å². The number of benzene rings is 1. The van der Waals surface area contributed by atoms with Gasteiger partial charge in [-0.2, -0.15) is 13.9 Å². The van der Waals surface area contributed by atoms with E-state index in [1.807, 2.05) is 6.92 Å². The van der Waals surface area contributed by atoms with E-state index in [2.05, 4.69) is 50.7 Å². The van der Waals surface area contributed by atoms with Gasteiger partial charge in [-0.25, -0.2) is 9.89 Å². The second-order valence-corrected chi connectivity index (χ2v) is 8.91. The Morgan fingerprint density at radius 1 is 1.22 bits per heavy atom. The van der Waals surface area contributed by atoms with Gasteiger partial charge < -0.3 is 16.0 Å². The fraction of sp³-hybridized carbons (Fsp3) is 0.364. The number of nitrogens with two attached hydrogens (primary N) is 1. The molecular formula is C22H26F2N6OS. The Hall–Kier alpha value is -2.82. The van der Waals surface area contributed by atoms with Gasteiger partial charge in [0.05, 0.1) is 6.54 Å². The van der Waals surface area contributed by atoms with Crippen molar-refractivity contribution in [3.63, 3.8) is 0 Å². The topological polar surface area (TPSA) is 92.0 Å². The summed E-state index contributed by atoms with van der Waals surface area (Å²) < 4.78 is 27.4. The van der Waals surface area contributed by atoms with Crippen LogP contribution in [0.5, 0.6) is 0 Å². The molecule has 170 valence electrons. The molecule has 4 rings (SSSR count). The number of H-pyrrole nitrogens is 1. The molecule has 1 saturated heterocycles. The number of nitrogens with zero attached hydrogens (tertiary/aromatic N) is 3. The molecule has 0 radical (unpaired) electrons. The zero-order valence-corrected chi connectivity index (χ0v) is 18.6. The standard InChI is InChI=1S/C22H26F2N6OS/c1-14-10-18(15-2-4-17(5-3-15)29-8-6-26-7-9-29)32-19(14)13-30-20(27-28-22(30)31)11-16(12-25)21(23)24/h2-5,10,26H,6-9,11-13,25H2,1H3,(H,28,31). The first-order chi connectivity index (χ1) is 15.5. The highest BCUT2D eigenvalue weighted by Crippen LogP contribution is 2.33. The van der Waals surface area contributed by atoms with Gasteiger partial charge in [-0.05, 0) is 36.2 Å². The van der Waals surface area contributed by atoms with Gasteiger partial charge in [0.25, 0.3) is 6.08 Å². The summed E-state index contributed by atoms with van der Waals surface area (Å²) in [6.45, 7) is 5.95. The van der Waals surface area contributed by atoms with Gasteiger partial charge in [0.15, 0.2) is 0 Å². The van der Waals surface area contributed by atoms with Gasteiger partial charge in [-0.3, -0.25) is 4.57 Å². The lowest BCUT2D eigenvalue weighted by Gasteiger charge is -2.29. The fourth-order valence-electron chi connectivity index (χ4n) is 3.78. The largest absolute Gasteiger partial charge is 0.369 e.